The summed E-state index contributed by atoms with van der Waals surface area (Å²) in [5, 5.41) is 3.34. The van der Waals surface area contributed by atoms with Crippen LogP contribution in [0.5, 0.6) is 0 Å². The molecule has 0 spiro atoms. The maximum atomic E-state index is 5.67. The predicted molar refractivity (Wildman–Crippen MR) is 59.3 cm³/mol. The zero-order valence-corrected chi connectivity index (χ0v) is 8.86. The van der Waals surface area contributed by atoms with E-state index in [1.807, 2.05) is 19.1 Å². The minimum atomic E-state index is 0.228. The van der Waals surface area contributed by atoms with E-state index in [0.717, 1.165) is 11.4 Å². The Labute approximate surface area is 92.4 Å². The number of aryl methyl sites for hydroxylation is 1. The Morgan fingerprint density at radius 2 is 2.00 bits per heavy atom. The molecule has 0 amide bonds. The fourth-order valence-corrected chi connectivity index (χ4v) is 1.32. The number of aromatic nitrogens is 3. The molecule has 0 aliphatic heterocycles. The number of nitrogens with zero attached hydrogens (tertiary/aromatic N) is 3. The SMILES string of the molecule is Cc1cc(Nc2ccnc(Cl)n2)ccn1. The number of nitrogens with one attached hydrogen (secondary N) is 1. The minimum absolute atomic E-state index is 0.228. The largest absolute Gasteiger partial charge is 0.340 e. The quantitative estimate of drug-likeness (QED) is 0.791. The fourth-order valence-electron chi connectivity index (χ4n) is 1.18. The molecule has 2 rings (SSSR count). The second kappa shape index (κ2) is 4.23. The van der Waals surface area contributed by atoms with Crippen LogP contribution in [0.2, 0.25) is 5.28 Å². The van der Waals surface area contributed by atoms with Crippen LogP contribution in [0.4, 0.5) is 11.5 Å². The summed E-state index contributed by atoms with van der Waals surface area (Å²) in [6.07, 6.45) is 3.34. The van der Waals surface area contributed by atoms with E-state index in [1.165, 1.54) is 0 Å². The van der Waals surface area contributed by atoms with E-state index in [2.05, 4.69) is 20.3 Å². The molecule has 0 saturated carbocycles. The van der Waals surface area contributed by atoms with Gasteiger partial charge in [0.25, 0.3) is 0 Å². The van der Waals surface area contributed by atoms with Gasteiger partial charge in [0.15, 0.2) is 0 Å². The van der Waals surface area contributed by atoms with Gasteiger partial charge in [-0.2, -0.15) is 0 Å². The van der Waals surface area contributed by atoms with Crippen LogP contribution < -0.4 is 5.32 Å². The zero-order chi connectivity index (χ0) is 10.7. The van der Waals surface area contributed by atoms with E-state index in [-0.39, 0.29) is 5.28 Å². The van der Waals surface area contributed by atoms with E-state index in [0.29, 0.717) is 5.82 Å². The van der Waals surface area contributed by atoms with Crippen LogP contribution >= 0.6 is 11.6 Å². The summed E-state index contributed by atoms with van der Waals surface area (Å²) >= 11 is 5.67. The molecular weight excluding hydrogens is 212 g/mol. The second-order valence-electron chi connectivity index (χ2n) is 3.02. The minimum Gasteiger partial charge on any atom is -0.340 e. The van der Waals surface area contributed by atoms with E-state index in [1.54, 1.807) is 18.5 Å². The van der Waals surface area contributed by atoms with Gasteiger partial charge in [0.2, 0.25) is 5.28 Å². The summed E-state index contributed by atoms with van der Waals surface area (Å²) < 4.78 is 0. The summed E-state index contributed by atoms with van der Waals surface area (Å²) in [6, 6.07) is 5.54. The Bertz CT molecular complexity index is 429. The van der Waals surface area contributed by atoms with Gasteiger partial charge in [0, 0.05) is 23.8 Å². The van der Waals surface area contributed by atoms with E-state index in [4.69, 9.17) is 11.6 Å². The summed E-state index contributed by atoms with van der Waals surface area (Å²) in [6.45, 7) is 1.93. The average molecular weight is 221 g/mol. The van der Waals surface area contributed by atoms with Crippen molar-refractivity contribution < 1.29 is 0 Å². The highest BCUT2D eigenvalue weighted by molar-refractivity contribution is 6.28. The Morgan fingerprint density at radius 1 is 1.20 bits per heavy atom. The number of anilines is 2. The molecule has 2 heterocycles. The lowest BCUT2D eigenvalue weighted by atomic mass is 10.3. The molecule has 0 aliphatic rings. The predicted octanol–water partition coefficient (Wildman–Crippen LogP) is 2.58. The Kier molecular flexibility index (Phi) is 2.78. The van der Waals surface area contributed by atoms with Gasteiger partial charge in [-0.3, -0.25) is 4.98 Å². The highest BCUT2D eigenvalue weighted by Crippen LogP contribution is 2.14. The number of rotatable bonds is 2. The molecule has 0 saturated heterocycles. The summed E-state index contributed by atoms with van der Waals surface area (Å²) in [7, 11) is 0. The Hall–Kier alpha value is -1.68. The van der Waals surface area contributed by atoms with Crippen molar-refractivity contribution in [1.82, 2.24) is 15.0 Å². The molecule has 4 nitrogen and oxygen atoms in total. The maximum Gasteiger partial charge on any atom is 0.224 e. The molecule has 15 heavy (non-hydrogen) atoms. The zero-order valence-electron chi connectivity index (χ0n) is 8.11. The van der Waals surface area contributed by atoms with Crippen LogP contribution in [0.25, 0.3) is 0 Å². The number of halogens is 1. The molecule has 0 aliphatic carbocycles. The van der Waals surface area contributed by atoms with E-state index < -0.39 is 0 Å². The van der Waals surface area contributed by atoms with Gasteiger partial charge in [0.1, 0.15) is 5.82 Å². The molecule has 0 fully saturated rings. The monoisotopic (exact) mass is 220 g/mol. The molecule has 5 heteroatoms. The van der Waals surface area contributed by atoms with Crippen molar-refractivity contribution in [1.29, 1.82) is 0 Å². The standard InChI is InChI=1S/C10H9ClN4/c1-7-6-8(2-4-12-7)14-9-3-5-13-10(11)15-9/h2-6H,1H3,(H,12,13,14,15). The van der Waals surface area contributed by atoms with Gasteiger partial charge < -0.3 is 5.32 Å². The number of pyridine rings is 1. The van der Waals surface area contributed by atoms with Crippen LogP contribution in [0.1, 0.15) is 5.69 Å². The highest BCUT2D eigenvalue weighted by atomic mass is 35.5. The van der Waals surface area contributed by atoms with Gasteiger partial charge in [-0.25, -0.2) is 9.97 Å². The van der Waals surface area contributed by atoms with Crippen molar-refractivity contribution >= 4 is 23.1 Å². The lowest BCUT2D eigenvalue weighted by molar-refractivity contribution is 1.16. The first kappa shape index (κ1) is 9.86. The first-order valence-corrected chi connectivity index (χ1v) is 4.80. The van der Waals surface area contributed by atoms with Crippen molar-refractivity contribution in [3.8, 4) is 0 Å². The molecule has 0 atom stereocenters. The topological polar surface area (TPSA) is 50.7 Å². The Balaban J connectivity index is 2.22. The van der Waals surface area contributed by atoms with Crippen molar-refractivity contribution in [2.24, 2.45) is 0 Å². The lowest BCUT2D eigenvalue weighted by Gasteiger charge is -2.05. The lowest BCUT2D eigenvalue weighted by Crippen LogP contribution is -1.95. The molecule has 76 valence electrons. The average Bonchev–Trinajstić information content (AvgIpc) is 2.17. The summed E-state index contributed by atoms with van der Waals surface area (Å²) in [5.41, 5.74) is 1.87. The summed E-state index contributed by atoms with van der Waals surface area (Å²) in [5.74, 6) is 0.667. The third-order valence-electron chi connectivity index (χ3n) is 1.80. The van der Waals surface area contributed by atoms with Gasteiger partial charge >= 0.3 is 0 Å². The first-order chi connectivity index (χ1) is 7.24. The third-order valence-corrected chi connectivity index (χ3v) is 1.98. The van der Waals surface area contributed by atoms with Gasteiger partial charge in [-0.05, 0) is 36.7 Å². The smallest absolute Gasteiger partial charge is 0.224 e. The van der Waals surface area contributed by atoms with Crippen molar-refractivity contribution in [2.45, 2.75) is 6.92 Å². The Morgan fingerprint density at radius 3 is 2.73 bits per heavy atom. The molecular formula is C10H9ClN4. The number of hydrogen-bond acceptors (Lipinski definition) is 4. The molecule has 0 radical (unpaired) electrons. The molecule has 2 aromatic heterocycles. The molecule has 1 N–H and O–H groups in total. The molecule has 0 unspecified atom stereocenters. The van der Waals surface area contributed by atoms with Gasteiger partial charge in [-0.15, -0.1) is 0 Å². The normalized spacial score (nSPS) is 10.0. The van der Waals surface area contributed by atoms with Crippen LogP contribution in [0.3, 0.4) is 0 Å². The van der Waals surface area contributed by atoms with Crippen molar-refractivity contribution in [2.75, 3.05) is 5.32 Å². The molecule has 2 aromatic rings. The van der Waals surface area contributed by atoms with Crippen LogP contribution in [0, 0.1) is 6.92 Å². The van der Waals surface area contributed by atoms with Gasteiger partial charge in [0.05, 0.1) is 0 Å². The maximum absolute atomic E-state index is 5.67. The summed E-state index contributed by atoms with van der Waals surface area (Å²) in [4.78, 5) is 11.9. The molecule has 0 bridgehead atoms. The van der Waals surface area contributed by atoms with Crippen LogP contribution in [-0.4, -0.2) is 15.0 Å². The molecule has 0 aromatic carbocycles. The third kappa shape index (κ3) is 2.63. The van der Waals surface area contributed by atoms with E-state index in [9.17, 15) is 0 Å². The fraction of sp³-hybridized carbons (Fsp3) is 0.100. The number of hydrogen-bond donors (Lipinski definition) is 1. The van der Waals surface area contributed by atoms with E-state index >= 15 is 0 Å². The van der Waals surface area contributed by atoms with Gasteiger partial charge in [-0.1, -0.05) is 0 Å². The first-order valence-electron chi connectivity index (χ1n) is 4.42. The van der Waals surface area contributed by atoms with Crippen molar-refractivity contribution in [3.05, 3.63) is 41.6 Å². The van der Waals surface area contributed by atoms with Crippen LogP contribution in [-0.2, 0) is 0 Å². The second-order valence-corrected chi connectivity index (χ2v) is 3.36. The van der Waals surface area contributed by atoms with Crippen LogP contribution in [0.15, 0.2) is 30.6 Å². The van der Waals surface area contributed by atoms with Crippen molar-refractivity contribution in [3.63, 3.8) is 0 Å². The highest BCUT2D eigenvalue weighted by Gasteiger charge is 1.97.